The van der Waals surface area contributed by atoms with E-state index in [-0.39, 0.29) is 11.5 Å². The van der Waals surface area contributed by atoms with Crippen LogP contribution >= 0.6 is 11.6 Å². The molecule has 0 aromatic heterocycles. The Labute approximate surface area is 134 Å². The van der Waals surface area contributed by atoms with Crippen LogP contribution in [0.25, 0.3) is 0 Å². The molecule has 22 heavy (non-hydrogen) atoms. The molecule has 0 amide bonds. The number of hydrogen-bond donors (Lipinski definition) is 2. The Balaban J connectivity index is 1.95. The van der Waals surface area contributed by atoms with Crippen molar-refractivity contribution in [1.29, 1.82) is 0 Å². The number of aliphatic hydroxyl groups is 2. The second kappa shape index (κ2) is 7.24. The van der Waals surface area contributed by atoms with E-state index in [1.807, 2.05) is 0 Å². The Morgan fingerprint density at radius 3 is 2.00 bits per heavy atom. The molecule has 6 heteroatoms. The highest BCUT2D eigenvalue weighted by Crippen LogP contribution is 2.15. The fraction of sp³-hybridized carbons (Fsp3) is 0.250. The van der Waals surface area contributed by atoms with Crippen molar-refractivity contribution in [2.75, 3.05) is 5.75 Å². The Bertz CT molecular complexity index is 707. The first kappa shape index (κ1) is 17.0. The van der Waals surface area contributed by atoms with Crippen molar-refractivity contribution in [3.63, 3.8) is 0 Å². The van der Waals surface area contributed by atoms with E-state index in [4.69, 9.17) is 21.8 Å². The van der Waals surface area contributed by atoms with Gasteiger partial charge in [0.25, 0.3) is 0 Å². The molecule has 0 bridgehead atoms. The molecule has 0 aliphatic heterocycles. The highest BCUT2D eigenvalue weighted by atomic mass is 35.5. The summed E-state index contributed by atoms with van der Waals surface area (Å²) in [6, 6.07) is 13.3. The fourth-order valence-corrected chi connectivity index (χ4v) is 3.55. The average Bonchev–Trinajstić information content (AvgIpc) is 2.48. The lowest BCUT2D eigenvalue weighted by atomic mass is 10.1. The molecular weight excluding hydrogens is 324 g/mol. The molecule has 0 fully saturated rings. The molecular formula is C16H17ClO4S. The zero-order valence-electron chi connectivity index (χ0n) is 11.8. The van der Waals surface area contributed by atoms with Crippen LogP contribution < -0.4 is 0 Å². The predicted molar refractivity (Wildman–Crippen MR) is 86.3 cm³/mol. The van der Waals surface area contributed by atoms with Gasteiger partial charge in [-0.1, -0.05) is 48.0 Å². The van der Waals surface area contributed by atoms with Crippen molar-refractivity contribution in [3.05, 3.63) is 70.2 Å². The van der Waals surface area contributed by atoms with Crippen LogP contribution in [0.4, 0.5) is 0 Å². The van der Waals surface area contributed by atoms with Crippen molar-refractivity contribution in [3.8, 4) is 0 Å². The number of aliphatic hydroxyl groups excluding tert-OH is 1. The quantitative estimate of drug-likeness (QED) is 0.792. The maximum Gasteiger partial charge on any atom is 0.178 e. The molecule has 2 aromatic rings. The third kappa shape index (κ3) is 5.10. The summed E-state index contributed by atoms with van der Waals surface area (Å²) in [6.07, 6.45) is -1.12. The average molecular weight is 341 g/mol. The van der Waals surface area contributed by atoms with Gasteiger partial charge in [0.05, 0.1) is 11.5 Å². The first-order valence-electron chi connectivity index (χ1n) is 6.75. The number of rotatable bonds is 6. The van der Waals surface area contributed by atoms with Crippen LogP contribution in [0, 0.1) is 0 Å². The van der Waals surface area contributed by atoms with Crippen LogP contribution in [-0.4, -0.2) is 24.4 Å². The van der Waals surface area contributed by atoms with Gasteiger partial charge in [-0.2, -0.15) is 0 Å². The summed E-state index contributed by atoms with van der Waals surface area (Å²) in [6.45, 7) is 0. The number of hydrogen-bond acceptors (Lipinski definition) is 4. The second-order valence-electron chi connectivity index (χ2n) is 5.08. The maximum absolute atomic E-state index is 12.1. The third-order valence-electron chi connectivity index (χ3n) is 3.28. The van der Waals surface area contributed by atoms with Gasteiger partial charge in [0.15, 0.2) is 16.1 Å². The van der Waals surface area contributed by atoms with Gasteiger partial charge < -0.3 is 10.2 Å². The van der Waals surface area contributed by atoms with Crippen molar-refractivity contribution in [1.82, 2.24) is 0 Å². The van der Waals surface area contributed by atoms with E-state index in [2.05, 4.69) is 0 Å². The number of sulfone groups is 1. The number of halogens is 1. The van der Waals surface area contributed by atoms with Gasteiger partial charge in [-0.25, -0.2) is 8.42 Å². The summed E-state index contributed by atoms with van der Waals surface area (Å²) in [4.78, 5) is 0. The molecule has 0 spiro atoms. The number of benzene rings is 2. The molecule has 0 unspecified atom stereocenters. The molecule has 118 valence electrons. The summed E-state index contributed by atoms with van der Waals surface area (Å²) < 4.78 is 24.2. The molecule has 0 aliphatic carbocycles. The van der Waals surface area contributed by atoms with E-state index in [9.17, 15) is 8.42 Å². The Morgan fingerprint density at radius 2 is 1.45 bits per heavy atom. The highest BCUT2D eigenvalue weighted by molar-refractivity contribution is 7.90. The lowest BCUT2D eigenvalue weighted by molar-refractivity contribution is -0.0424. The van der Waals surface area contributed by atoms with Crippen molar-refractivity contribution in [2.45, 2.75) is 18.5 Å². The van der Waals surface area contributed by atoms with E-state index in [0.29, 0.717) is 22.6 Å². The minimum atomic E-state index is -3.21. The van der Waals surface area contributed by atoms with Crippen LogP contribution in [0.2, 0.25) is 5.02 Å². The van der Waals surface area contributed by atoms with Crippen LogP contribution in [0.3, 0.4) is 0 Å². The second-order valence-corrected chi connectivity index (χ2v) is 7.70. The van der Waals surface area contributed by atoms with Crippen molar-refractivity contribution in [2.24, 2.45) is 0 Å². The molecule has 4 nitrogen and oxygen atoms in total. The zero-order chi connectivity index (χ0) is 16.2. The standard InChI is InChI=1S/C16H17ClO4S/c17-15-7-3-13(4-8-15)11-22(20,21)10-9-12-1-5-14(6-2-12)16(18)19/h1-8,16,18-19H,9-11H2. The maximum atomic E-state index is 12.1. The highest BCUT2D eigenvalue weighted by Gasteiger charge is 2.12. The van der Waals surface area contributed by atoms with E-state index >= 15 is 0 Å². The smallest absolute Gasteiger partial charge is 0.178 e. The summed E-state index contributed by atoms with van der Waals surface area (Å²) >= 11 is 5.77. The van der Waals surface area contributed by atoms with E-state index < -0.39 is 16.1 Å². The third-order valence-corrected chi connectivity index (χ3v) is 5.13. The van der Waals surface area contributed by atoms with E-state index in [1.54, 1.807) is 48.5 Å². The topological polar surface area (TPSA) is 74.6 Å². The summed E-state index contributed by atoms with van der Waals surface area (Å²) in [5, 5.41) is 18.6. The molecule has 0 radical (unpaired) electrons. The lowest BCUT2D eigenvalue weighted by Gasteiger charge is -2.07. The SMILES string of the molecule is O=S(=O)(CCc1ccc(C(O)O)cc1)Cc1ccc(Cl)cc1. The van der Waals surface area contributed by atoms with Gasteiger partial charge in [-0.3, -0.25) is 0 Å². The largest absolute Gasteiger partial charge is 0.364 e. The Kier molecular flexibility index (Phi) is 5.58. The van der Waals surface area contributed by atoms with Crippen LogP contribution in [-0.2, 0) is 22.0 Å². The van der Waals surface area contributed by atoms with E-state index in [1.165, 1.54) is 0 Å². The van der Waals surface area contributed by atoms with Crippen molar-refractivity contribution >= 4 is 21.4 Å². The van der Waals surface area contributed by atoms with Gasteiger partial charge in [-0.05, 0) is 29.7 Å². The van der Waals surface area contributed by atoms with Crippen molar-refractivity contribution < 1.29 is 18.6 Å². The fourth-order valence-electron chi connectivity index (χ4n) is 2.04. The van der Waals surface area contributed by atoms with Gasteiger partial charge >= 0.3 is 0 Å². The first-order valence-corrected chi connectivity index (χ1v) is 8.95. The van der Waals surface area contributed by atoms with Crippen LogP contribution in [0.15, 0.2) is 48.5 Å². The Morgan fingerprint density at radius 1 is 0.909 bits per heavy atom. The zero-order valence-corrected chi connectivity index (χ0v) is 13.4. The van der Waals surface area contributed by atoms with Crippen LogP contribution in [0.5, 0.6) is 0 Å². The molecule has 0 atom stereocenters. The molecule has 2 N–H and O–H groups in total. The molecule has 0 saturated heterocycles. The minimum absolute atomic E-state index is 0.0163. The van der Waals surface area contributed by atoms with Gasteiger partial charge in [0.1, 0.15) is 0 Å². The molecule has 0 heterocycles. The monoisotopic (exact) mass is 340 g/mol. The Hall–Kier alpha value is -1.40. The van der Waals surface area contributed by atoms with Gasteiger partial charge in [0, 0.05) is 10.6 Å². The van der Waals surface area contributed by atoms with Gasteiger partial charge in [0.2, 0.25) is 0 Å². The normalized spacial score (nSPS) is 11.8. The summed E-state index contributed by atoms with van der Waals surface area (Å²) in [5.74, 6) is 0.0221. The molecule has 2 rings (SSSR count). The molecule has 0 saturated carbocycles. The first-order chi connectivity index (χ1) is 10.4. The molecule has 2 aromatic carbocycles. The predicted octanol–water partition coefficient (Wildman–Crippen LogP) is 2.48. The van der Waals surface area contributed by atoms with Gasteiger partial charge in [-0.15, -0.1) is 0 Å². The van der Waals surface area contributed by atoms with E-state index in [0.717, 1.165) is 5.56 Å². The summed E-state index contributed by atoms with van der Waals surface area (Å²) in [5.41, 5.74) is 1.93. The molecule has 0 aliphatic rings. The number of aryl methyl sites for hydroxylation is 1. The summed E-state index contributed by atoms with van der Waals surface area (Å²) in [7, 11) is -3.21. The van der Waals surface area contributed by atoms with Crippen LogP contribution in [0.1, 0.15) is 23.0 Å². The lowest BCUT2D eigenvalue weighted by Crippen LogP contribution is -2.11. The minimum Gasteiger partial charge on any atom is -0.364 e.